The molecule has 0 amide bonds. The molecule has 0 unspecified atom stereocenters. The predicted molar refractivity (Wildman–Crippen MR) is 47.9 cm³/mol. The van der Waals surface area contributed by atoms with E-state index in [1.54, 1.807) is 18.2 Å². The number of oxazole rings is 1. The standard InChI is InChI=1S/C7H4N2O3S/c10-9(11)7-8-4-2-1-3-5(13)6(4)12-7/h1-3,13H. The number of aromatic nitrogens is 1. The van der Waals surface area contributed by atoms with Gasteiger partial charge in [-0.1, -0.05) is 6.07 Å². The normalized spacial score (nSPS) is 10.5. The second kappa shape index (κ2) is 2.74. The van der Waals surface area contributed by atoms with Crippen LogP contribution in [-0.4, -0.2) is 9.91 Å². The van der Waals surface area contributed by atoms with E-state index in [1.165, 1.54) is 0 Å². The second-order valence-corrected chi connectivity index (χ2v) is 2.86. The van der Waals surface area contributed by atoms with Crippen LogP contribution in [0.25, 0.3) is 11.1 Å². The second-order valence-electron chi connectivity index (χ2n) is 2.38. The first-order valence-corrected chi connectivity index (χ1v) is 3.86. The van der Waals surface area contributed by atoms with Crippen LogP contribution in [0, 0.1) is 10.1 Å². The summed E-state index contributed by atoms with van der Waals surface area (Å²) in [7, 11) is 0. The van der Waals surface area contributed by atoms with E-state index >= 15 is 0 Å². The zero-order chi connectivity index (χ0) is 9.42. The third kappa shape index (κ3) is 1.25. The van der Waals surface area contributed by atoms with Crippen molar-refractivity contribution in [3.8, 4) is 0 Å². The van der Waals surface area contributed by atoms with Crippen LogP contribution in [0.1, 0.15) is 0 Å². The zero-order valence-corrected chi connectivity index (χ0v) is 7.19. The molecule has 66 valence electrons. The van der Waals surface area contributed by atoms with Crippen LogP contribution in [-0.2, 0) is 0 Å². The predicted octanol–water partition coefficient (Wildman–Crippen LogP) is 2.02. The molecule has 0 N–H and O–H groups in total. The van der Waals surface area contributed by atoms with Crippen molar-refractivity contribution in [1.29, 1.82) is 0 Å². The Morgan fingerprint density at radius 2 is 2.31 bits per heavy atom. The molecule has 0 spiro atoms. The Labute approximate surface area is 77.9 Å². The number of rotatable bonds is 1. The van der Waals surface area contributed by atoms with Gasteiger partial charge in [0.1, 0.15) is 0 Å². The van der Waals surface area contributed by atoms with Gasteiger partial charge in [-0.2, -0.15) is 0 Å². The first kappa shape index (κ1) is 8.06. The summed E-state index contributed by atoms with van der Waals surface area (Å²) in [5.41, 5.74) is 0.789. The maximum atomic E-state index is 10.3. The minimum Gasteiger partial charge on any atom is -0.380 e. The Hall–Kier alpha value is -1.56. The fourth-order valence-electron chi connectivity index (χ4n) is 1.00. The van der Waals surface area contributed by atoms with Gasteiger partial charge in [0.2, 0.25) is 5.52 Å². The highest BCUT2D eigenvalue weighted by Crippen LogP contribution is 2.25. The van der Waals surface area contributed by atoms with Crippen LogP contribution >= 0.6 is 12.6 Å². The summed E-state index contributed by atoms with van der Waals surface area (Å²) in [5.74, 6) is 0. The molecule has 5 nitrogen and oxygen atoms in total. The van der Waals surface area contributed by atoms with Gasteiger partial charge in [0.25, 0.3) is 0 Å². The fourth-order valence-corrected chi connectivity index (χ4v) is 1.25. The average molecular weight is 196 g/mol. The molecule has 0 aliphatic rings. The van der Waals surface area contributed by atoms with Crippen molar-refractivity contribution >= 4 is 29.7 Å². The van der Waals surface area contributed by atoms with Crippen LogP contribution in [0.15, 0.2) is 27.5 Å². The number of benzene rings is 1. The quantitative estimate of drug-likeness (QED) is 0.430. The number of nitrogens with zero attached hydrogens (tertiary/aromatic N) is 2. The molecule has 2 aromatic rings. The van der Waals surface area contributed by atoms with Gasteiger partial charge in [-0.25, -0.2) is 0 Å². The van der Waals surface area contributed by atoms with E-state index in [0.717, 1.165) is 0 Å². The fraction of sp³-hybridized carbons (Fsp3) is 0. The number of nitro groups is 1. The highest BCUT2D eigenvalue weighted by Gasteiger charge is 2.18. The van der Waals surface area contributed by atoms with E-state index in [1.807, 2.05) is 0 Å². The molecular weight excluding hydrogens is 192 g/mol. The molecule has 0 aliphatic heterocycles. The van der Waals surface area contributed by atoms with E-state index < -0.39 is 10.9 Å². The summed E-state index contributed by atoms with van der Waals surface area (Å²) in [6.07, 6.45) is 0. The van der Waals surface area contributed by atoms with Crippen molar-refractivity contribution in [2.45, 2.75) is 4.90 Å². The van der Waals surface area contributed by atoms with Gasteiger partial charge in [-0.05, 0) is 12.1 Å². The summed E-state index contributed by atoms with van der Waals surface area (Å²) < 4.78 is 4.87. The molecule has 13 heavy (non-hydrogen) atoms. The third-order valence-corrected chi connectivity index (χ3v) is 1.89. The van der Waals surface area contributed by atoms with Crippen molar-refractivity contribution in [3.05, 3.63) is 28.3 Å². The van der Waals surface area contributed by atoms with Crippen molar-refractivity contribution < 1.29 is 9.34 Å². The number of para-hydroxylation sites is 1. The lowest BCUT2D eigenvalue weighted by Crippen LogP contribution is -1.85. The van der Waals surface area contributed by atoms with Gasteiger partial charge in [-0.15, -0.1) is 12.6 Å². The smallest absolute Gasteiger partial charge is 0.380 e. The summed E-state index contributed by atoms with van der Waals surface area (Å²) in [6.45, 7) is 0. The van der Waals surface area contributed by atoms with Gasteiger partial charge >= 0.3 is 6.01 Å². The van der Waals surface area contributed by atoms with Gasteiger partial charge in [0.05, 0.1) is 4.90 Å². The van der Waals surface area contributed by atoms with Crippen LogP contribution in [0.3, 0.4) is 0 Å². The van der Waals surface area contributed by atoms with E-state index in [0.29, 0.717) is 16.0 Å². The lowest BCUT2D eigenvalue weighted by atomic mass is 10.3. The lowest BCUT2D eigenvalue weighted by molar-refractivity contribution is -0.406. The summed E-state index contributed by atoms with van der Waals surface area (Å²) >= 11 is 4.08. The summed E-state index contributed by atoms with van der Waals surface area (Å²) in [5, 5.41) is 10.3. The first-order valence-electron chi connectivity index (χ1n) is 3.41. The monoisotopic (exact) mass is 196 g/mol. The molecule has 0 radical (unpaired) electrons. The average Bonchev–Trinajstić information content (AvgIpc) is 2.49. The van der Waals surface area contributed by atoms with E-state index in [9.17, 15) is 10.1 Å². The van der Waals surface area contributed by atoms with Gasteiger partial charge in [0, 0.05) is 9.91 Å². The third-order valence-electron chi connectivity index (χ3n) is 1.54. The Morgan fingerprint density at radius 3 is 2.92 bits per heavy atom. The minimum absolute atomic E-state index is 0.345. The SMILES string of the molecule is O=[N+]([O-])c1nc2cccc(S)c2o1. The zero-order valence-electron chi connectivity index (χ0n) is 6.30. The molecule has 0 fully saturated rings. The number of hydrogen-bond donors (Lipinski definition) is 1. The number of fused-ring (bicyclic) bond motifs is 1. The van der Waals surface area contributed by atoms with Gasteiger partial charge < -0.3 is 14.5 Å². The van der Waals surface area contributed by atoms with E-state index in [4.69, 9.17) is 4.42 Å². The molecule has 0 aliphatic carbocycles. The lowest BCUT2D eigenvalue weighted by Gasteiger charge is -1.86. The molecule has 0 saturated heterocycles. The molecule has 0 atom stereocenters. The van der Waals surface area contributed by atoms with Crippen LogP contribution in [0.2, 0.25) is 0 Å². The largest absolute Gasteiger partial charge is 0.546 e. The molecule has 2 rings (SSSR count). The molecule has 0 saturated carbocycles. The summed E-state index contributed by atoms with van der Waals surface area (Å²) in [6, 6.07) is 4.51. The Balaban J connectivity index is 2.75. The highest BCUT2D eigenvalue weighted by atomic mass is 32.1. The molecular formula is C7H4N2O3S. The van der Waals surface area contributed by atoms with Crippen molar-refractivity contribution in [3.63, 3.8) is 0 Å². The number of hydrogen-bond acceptors (Lipinski definition) is 5. The Kier molecular flexibility index (Phi) is 1.70. The molecule has 1 heterocycles. The summed E-state index contributed by atoms with van der Waals surface area (Å²) in [4.78, 5) is 13.8. The van der Waals surface area contributed by atoms with Crippen molar-refractivity contribution in [2.24, 2.45) is 0 Å². The van der Waals surface area contributed by atoms with Crippen LogP contribution in [0.5, 0.6) is 0 Å². The molecule has 1 aromatic heterocycles. The van der Waals surface area contributed by atoms with E-state index in [2.05, 4.69) is 17.6 Å². The topological polar surface area (TPSA) is 69.2 Å². The highest BCUT2D eigenvalue weighted by molar-refractivity contribution is 7.80. The van der Waals surface area contributed by atoms with Crippen LogP contribution in [0.4, 0.5) is 6.01 Å². The Morgan fingerprint density at radius 1 is 1.54 bits per heavy atom. The first-order chi connectivity index (χ1) is 6.18. The van der Waals surface area contributed by atoms with Crippen molar-refractivity contribution in [2.75, 3.05) is 0 Å². The maximum absolute atomic E-state index is 10.3. The number of thiol groups is 1. The van der Waals surface area contributed by atoms with Gasteiger partial charge in [-0.3, -0.25) is 0 Å². The van der Waals surface area contributed by atoms with Crippen LogP contribution < -0.4 is 0 Å². The molecule has 0 bridgehead atoms. The van der Waals surface area contributed by atoms with Crippen molar-refractivity contribution in [1.82, 2.24) is 4.98 Å². The van der Waals surface area contributed by atoms with E-state index in [-0.39, 0.29) is 0 Å². The Bertz CT molecular complexity index is 480. The van der Waals surface area contributed by atoms with Gasteiger partial charge in [0.15, 0.2) is 5.58 Å². The maximum Gasteiger partial charge on any atom is 0.546 e. The molecule has 6 heteroatoms. The minimum atomic E-state index is -0.673. The molecule has 1 aromatic carbocycles.